The van der Waals surface area contributed by atoms with Crippen molar-refractivity contribution in [2.24, 2.45) is 0 Å². The zero-order chi connectivity index (χ0) is 19.7. The Morgan fingerprint density at radius 3 is 2.68 bits per heavy atom. The molecule has 1 aliphatic heterocycles. The molecule has 146 valence electrons. The molecule has 1 fully saturated rings. The second-order valence-corrected chi connectivity index (χ2v) is 9.81. The monoisotopic (exact) mass is 417 g/mol. The SMILES string of the molecule is O=C(Cc1coc2ccc(Cl)cc12)N(Cc1ccccc1)C1CCS(=O)(=O)C1. The smallest absolute Gasteiger partial charge is 0.227 e. The summed E-state index contributed by atoms with van der Waals surface area (Å²) >= 11 is 6.09. The summed E-state index contributed by atoms with van der Waals surface area (Å²) in [7, 11) is -3.10. The lowest BCUT2D eigenvalue weighted by Gasteiger charge is -2.28. The van der Waals surface area contributed by atoms with E-state index in [1.807, 2.05) is 30.3 Å². The van der Waals surface area contributed by atoms with E-state index in [-0.39, 0.29) is 29.9 Å². The molecule has 1 aromatic heterocycles. The zero-order valence-electron chi connectivity index (χ0n) is 15.2. The molecule has 5 nitrogen and oxygen atoms in total. The van der Waals surface area contributed by atoms with Crippen molar-refractivity contribution in [2.45, 2.75) is 25.4 Å². The van der Waals surface area contributed by atoms with Gasteiger partial charge in [-0.25, -0.2) is 8.42 Å². The number of hydrogen-bond acceptors (Lipinski definition) is 4. The number of nitrogens with zero attached hydrogens (tertiary/aromatic N) is 1. The number of carbonyl (C=O) groups excluding carboxylic acids is 1. The molecule has 0 spiro atoms. The minimum atomic E-state index is -3.10. The van der Waals surface area contributed by atoms with Crippen LogP contribution in [0.25, 0.3) is 11.0 Å². The van der Waals surface area contributed by atoms with Crippen LogP contribution in [-0.2, 0) is 27.6 Å². The summed E-state index contributed by atoms with van der Waals surface area (Å²) in [5, 5.41) is 1.38. The molecule has 4 rings (SSSR count). The van der Waals surface area contributed by atoms with Gasteiger partial charge in [-0.3, -0.25) is 4.79 Å². The van der Waals surface area contributed by atoms with Crippen LogP contribution in [0.15, 0.2) is 59.2 Å². The Morgan fingerprint density at radius 2 is 1.96 bits per heavy atom. The second kappa shape index (κ2) is 7.60. The molecule has 1 amide bonds. The van der Waals surface area contributed by atoms with Gasteiger partial charge in [-0.15, -0.1) is 0 Å². The molecule has 1 saturated heterocycles. The van der Waals surface area contributed by atoms with E-state index in [1.54, 1.807) is 29.4 Å². The van der Waals surface area contributed by atoms with Crippen molar-refractivity contribution >= 4 is 38.3 Å². The Bertz CT molecular complexity index is 1110. The van der Waals surface area contributed by atoms with Gasteiger partial charge < -0.3 is 9.32 Å². The van der Waals surface area contributed by atoms with E-state index in [4.69, 9.17) is 16.0 Å². The number of fused-ring (bicyclic) bond motifs is 1. The standard InChI is InChI=1S/C21H20ClNO4S/c22-17-6-7-20-19(11-17)16(13-27-20)10-21(24)23(12-15-4-2-1-3-5-15)18-8-9-28(25,26)14-18/h1-7,11,13,18H,8-10,12,14H2. The van der Waals surface area contributed by atoms with Crippen LogP contribution in [0.4, 0.5) is 0 Å². The van der Waals surface area contributed by atoms with E-state index in [0.29, 0.717) is 23.6 Å². The summed E-state index contributed by atoms with van der Waals surface area (Å²) in [6.07, 6.45) is 2.18. The van der Waals surface area contributed by atoms with Crippen LogP contribution >= 0.6 is 11.6 Å². The predicted octanol–water partition coefficient (Wildman–Crippen LogP) is 3.84. The van der Waals surface area contributed by atoms with Gasteiger partial charge in [0.2, 0.25) is 5.91 Å². The highest BCUT2D eigenvalue weighted by Crippen LogP contribution is 2.27. The first kappa shape index (κ1) is 19.0. The van der Waals surface area contributed by atoms with Crippen LogP contribution in [0, 0.1) is 0 Å². The number of furan rings is 1. The van der Waals surface area contributed by atoms with Gasteiger partial charge in [0, 0.05) is 28.6 Å². The number of halogens is 1. The van der Waals surface area contributed by atoms with Gasteiger partial charge in [-0.05, 0) is 30.2 Å². The van der Waals surface area contributed by atoms with E-state index >= 15 is 0 Å². The Kier molecular flexibility index (Phi) is 5.17. The van der Waals surface area contributed by atoms with Gasteiger partial charge in [0.1, 0.15) is 5.58 Å². The lowest BCUT2D eigenvalue weighted by atomic mass is 10.1. The third-order valence-electron chi connectivity index (χ3n) is 5.12. The molecule has 2 aromatic carbocycles. The Morgan fingerprint density at radius 1 is 1.18 bits per heavy atom. The molecule has 0 N–H and O–H groups in total. The maximum absolute atomic E-state index is 13.2. The number of carbonyl (C=O) groups is 1. The van der Waals surface area contributed by atoms with Crippen molar-refractivity contribution in [2.75, 3.05) is 11.5 Å². The first-order chi connectivity index (χ1) is 13.4. The molecular formula is C21H20ClNO4S. The molecule has 1 unspecified atom stereocenters. The van der Waals surface area contributed by atoms with E-state index in [0.717, 1.165) is 16.5 Å². The van der Waals surface area contributed by atoms with Gasteiger partial charge in [0.05, 0.1) is 24.2 Å². The van der Waals surface area contributed by atoms with Gasteiger partial charge in [-0.1, -0.05) is 41.9 Å². The highest BCUT2D eigenvalue weighted by molar-refractivity contribution is 7.91. The van der Waals surface area contributed by atoms with Gasteiger partial charge >= 0.3 is 0 Å². The largest absolute Gasteiger partial charge is 0.464 e. The molecule has 0 bridgehead atoms. The van der Waals surface area contributed by atoms with E-state index in [1.165, 1.54) is 0 Å². The molecule has 28 heavy (non-hydrogen) atoms. The molecule has 0 radical (unpaired) electrons. The van der Waals surface area contributed by atoms with Crippen LogP contribution in [0.3, 0.4) is 0 Å². The zero-order valence-corrected chi connectivity index (χ0v) is 16.7. The van der Waals surface area contributed by atoms with Crippen LogP contribution in [0.5, 0.6) is 0 Å². The molecule has 1 aliphatic rings. The molecule has 7 heteroatoms. The molecule has 1 atom stereocenters. The number of rotatable bonds is 5. The third-order valence-corrected chi connectivity index (χ3v) is 7.11. The van der Waals surface area contributed by atoms with Crippen molar-refractivity contribution in [1.82, 2.24) is 4.90 Å². The fraction of sp³-hybridized carbons (Fsp3) is 0.286. The molecule has 0 aliphatic carbocycles. The number of sulfone groups is 1. The number of benzene rings is 2. The summed E-state index contributed by atoms with van der Waals surface area (Å²) in [5.74, 6) is 0.0259. The number of hydrogen-bond donors (Lipinski definition) is 0. The summed E-state index contributed by atoms with van der Waals surface area (Å²) < 4.78 is 29.5. The maximum Gasteiger partial charge on any atom is 0.227 e. The van der Waals surface area contributed by atoms with Crippen LogP contribution in [-0.4, -0.2) is 36.8 Å². The Balaban J connectivity index is 1.61. The van der Waals surface area contributed by atoms with Crippen LogP contribution in [0.1, 0.15) is 17.5 Å². The molecule has 3 aromatic rings. The lowest BCUT2D eigenvalue weighted by Crippen LogP contribution is -2.41. The van der Waals surface area contributed by atoms with Gasteiger partial charge in [-0.2, -0.15) is 0 Å². The first-order valence-electron chi connectivity index (χ1n) is 9.11. The summed E-state index contributed by atoms with van der Waals surface area (Å²) in [4.78, 5) is 14.9. The lowest BCUT2D eigenvalue weighted by molar-refractivity contribution is -0.133. The minimum absolute atomic E-state index is 0.0174. The quantitative estimate of drug-likeness (QED) is 0.632. The highest BCUT2D eigenvalue weighted by Gasteiger charge is 2.34. The van der Waals surface area contributed by atoms with E-state index < -0.39 is 9.84 Å². The fourth-order valence-electron chi connectivity index (χ4n) is 3.68. The van der Waals surface area contributed by atoms with Gasteiger partial charge in [0.15, 0.2) is 9.84 Å². The van der Waals surface area contributed by atoms with Crippen molar-refractivity contribution in [3.05, 3.63) is 70.9 Å². The van der Waals surface area contributed by atoms with Gasteiger partial charge in [0.25, 0.3) is 0 Å². The second-order valence-electron chi connectivity index (χ2n) is 7.14. The van der Waals surface area contributed by atoms with Crippen molar-refractivity contribution < 1.29 is 17.6 Å². The van der Waals surface area contributed by atoms with Crippen molar-refractivity contribution in [3.63, 3.8) is 0 Å². The summed E-state index contributed by atoms with van der Waals surface area (Å²) in [5.41, 5.74) is 2.40. The number of amides is 1. The van der Waals surface area contributed by atoms with Crippen LogP contribution < -0.4 is 0 Å². The highest BCUT2D eigenvalue weighted by atomic mass is 35.5. The Labute approximate surface area is 168 Å². The van der Waals surface area contributed by atoms with E-state index in [2.05, 4.69) is 0 Å². The fourth-order valence-corrected chi connectivity index (χ4v) is 5.58. The van der Waals surface area contributed by atoms with Crippen molar-refractivity contribution in [3.8, 4) is 0 Å². The summed E-state index contributed by atoms with van der Waals surface area (Å²) in [6.45, 7) is 0.385. The Hall–Kier alpha value is -2.31. The first-order valence-corrected chi connectivity index (χ1v) is 11.3. The molecule has 2 heterocycles. The average molecular weight is 418 g/mol. The average Bonchev–Trinajstić information content (AvgIpc) is 3.23. The van der Waals surface area contributed by atoms with Crippen LogP contribution in [0.2, 0.25) is 5.02 Å². The molecule has 0 saturated carbocycles. The molecular weight excluding hydrogens is 398 g/mol. The minimum Gasteiger partial charge on any atom is -0.464 e. The normalized spacial score (nSPS) is 18.4. The third kappa shape index (κ3) is 4.08. The summed E-state index contributed by atoms with van der Waals surface area (Å²) in [6, 6.07) is 14.6. The topological polar surface area (TPSA) is 67.6 Å². The predicted molar refractivity (Wildman–Crippen MR) is 109 cm³/mol. The maximum atomic E-state index is 13.2. The van der Waals surface area contributed by atoms with Crippen molar-refractivity contribution in [1.29, 1.82) is 0 Å². The van der Waals surface area contributed by atoms with E-state index in [9.17, 15) is 13.2 Å².